The molecule has 7 heteroatoms. The van der Waals surface area contributed by atoms with E-state index in [1.54, 1.807) is 11.3 Å². The number of hydrogen-bond acceptors (Lipinski definition) is 6. The van der Waals surface area contributed by atoms with Crippen molar-refractivity contribution in [2.75, 3.05) is 5.32 Å². The minimum Gasteiger partial charge on any atom is -0.369 e. The van der Waals surface area contributed by atoms with Crippen LogP contribution in [0.3, 0.4) is 0 Å². The second-order valence-corrected chi connectivity index (χ2v) is 8.39. The molecule has 1 unspecified atom stereocenters. The zero-order chi connectivity index (χ0) is 18.5. The number of carbonyl (C=O) groups is 1. The molecule has 1 saturated carbocycles. The Labute approximate surface area is 167 Å². The highest BCUT2D eigenvalue weighted by atomic mass is 32.1. The maximum Gasteiger partial charge on any atom is 0.248 e. The van der Waals surface area contributed by atoms with E-state index in [1.807, 2.05) is 47.2 Å². The van der Waals surface area contributed by atoms with Crippen molar-refractivity contribution in [3.63, 3.8) is 0 Å². The average molecular weight is 399 g/mol. The maximum absolute atomic E-state index is 13.0. The van der Waals surface area contributed by atoms with Crippen molar-refractivity contribution in [2.45, 2.75) is 44.2 Å². The molecule has 0 saturated heterocycles. The van der Waals surface area contributed by atoms with Crippen molar-refractivity contribution in [2.24, 2.45) is 0 Å². The van der Waals surface area contributed by atoms with Gasteiger partial charge in [-0.25, -0.2) is 0 Å². The Hall–Kier alpha value is -2.25. The molecule has 0 bridgehead atoms. The first-order valence-corrected chi connectivity index (χ1v) is 11.0. The average Bonchev–Trinajstić information content (AvgIpc) is 3.41. The maximum atomic E-state index is 13.0. The largest absolute Gasteiger partial charge is 0.369 e. The quantitative estimate of drug-likeness (QED) is 0.622. The molecule has 5 nitrogen and oxygen atoms in total. The fourth-order valence-electron chi connectivity index (χ4n) is 3.45. The van der Waals surface area contributed by atoms with E-state index >= 15 is 0 Å². The fourth-order valence-corrected chi connectivity index (χ4v) is 4.69. The van der Waals surface area contributed by atoms with Crippen LogP contribution in [0.2, 0.25) is 0 Å². The monoisotopic (exact) mass is 398 g/mol. The van der Waals surface area contributed by atoms with E-state index in [1.165, 1.54) is 30.8 Å². The number of thiophene rings is 1. The highest BCUT2D eigenvalue weighted by Crippen LogP contribution is 2.27. The van der Waals surface area contributed by atoms with Crippen LogP contribution in [0, 0.1) is 0 Å². The third-order valence-corrected chi connectivity index (χ3v) is 6.33. The number of anilines is 1. The van der Waals surface area contributed by atoms with Crippen LogP contribution in [0.25, 0.3) is 11.3 Å². The Morgan fingerprint density at radius 2 is 1.93 bits per heavy atom. The van der Waals surface area contributed by atoms with Gasteiger partial charge in [0.05, 0.1) is 0 Å². The summed E-state index contributed by atoms with van der Waals surface area (Å²) >= 11 is 2.94. The molecular formula is C20H22N4OS2. The molecule has 1 aliphatic rings. The highest BCUT2D eigenvalue weighted by Gasteiger charge is 2.25. The van der Waals surface area contributed by atoms with Crippen LogP contribution in [0.1, 0.15) is 43.0 Å². The summed E-state index contributed by atoms with van der Waals surface area (Å²) in [5, 5.41) is 14.7. The van der Waals surface area contributed by atoms with Crippen LogP contribution in [0.15, 0.2) is 47.2 Å². The lowest BCUT2D eigenvalue weighted by Crippen LogP contribution is -2.41. The van der Waals surface area contributed by atoms with E-state index in [-0.39, 0.29) is 11.9 Å². The van der Waals surface area contributed by atoms with Crippen molar-refractivity contribution in [1.82, 2.24) is 14.9 Å². The third kappa shape index (κ3) is 4.54. The second-order valence-electron chi connectivity index (χ2n) is 6.80. The molecule has 140 valence electrons. The van der Waals surface area contributed by atoms with Gasteiger partial charge in [-0.1, -0.05) is 41.9 Å². The van der Waals surface area contributed by atoms with Crippen LogP contribution in [0.4, 0.5) is 5.69 Å². The van der Waals surface area contributed by atoms with Crippen molar-refractivity contribution in [3.8, 4) is 11.3 Å². The Bertz CT molecular complexity index is 841. The van der Waals surface area contributed by atoms with Gasteiger partial charge in [0.1, 0.15) is 11.7 Å². The van der Waals surface area contributed by atoms with E-state index in [0.717, 1.165) is 34.7 Å². The van der Waals surface area contributed by atoms with E-state index in [9.17, 15) is 4.79 Å². The van der Waals surface area contributed by atoms with E-state index in [2.05, 4.69) is 20.2 Å². The van der Waals surface area contributed by atoms with Crippen LogP contribution < -0.4 is 10.6 Å². The minimum atomic E-state index is -0.376. The molecule has 1 amide bonds. The number of nitrogens with zero attached hydrogens (tertiary/aromatic N) is 2. The number of nitrogens with one attached hydrogen (secondary N) is 2. The summed E-state index contributed by atoms with van der Waals surface area (Å²) in [6.07, 6.45) is 5.85. The molecule has 0 spiro atoms. The summed E-state index contributed by atoms with van der Waals surface area (Å²) in [4.78, 5) is 14.0. The van der Waals surface area contributed by atoms with Crippen molar-refractivity contribution >= 4 is 34.5 Å². The predicted molar refractivity (Wildman–Crippen MR) is 111 cm³/mol. The summed E-state index contributed by atoms with van der Waals surface area (Å²) in [6.45, 7) is 0. The first-order chi connectivity index (χ1) is 13.3. The van der Waals surface area contributed by atoms with E-state index in [4.69, 9.17) is 0 Å². The molecule has 1 atom stereocenters. The molecule has 2 N–H and O–H groups in total. The van der Waals surface area contributed by atoms with Crippen molar-refractivity contribution < 1.29 is 4.79 Å². The number of aromatic nitrogens is 2. The number of amides is 1. The first kappa shape index (κ1) is 18.1. The van der Waals surface area contributed by atoms with Crippen LogP contribution >= 0.6 is 22.9 Å². The van der Waals surface area contributed by atoms with Crippen molar-refractivity contribution in [1.29, 1.82) is 0 Å². The summed E-state index contributed by atoms with van der Waals surface area (Å²) in [6, 6.07) is 11.9. The molecule has 27 heavy (non-hydrogen) atoms. The minimum absolute atomic E-state index is 0.0529. The molecule has 4 rings (SSSR count). The smallest absolute Gasteiger partial charge is 0.248 e. The number of rotatable bonds is 6. The molecule has 0 aliphatic heterocycles. The zero-order valence-corrected chi connectivity index (χ0v) is 16.6. The molecular weight excluding hydrogens is 376 g/mol. The Balaban J connectivity index is 1.48. The van der Waals surface area contributed by atoms with Gasteiger partial charge in [-0.15, -0.1) is 16.4 Å². The van der Waals surface area contributed by atoms with Gasteiger partial charge in [-0.2, -0.15) is 0 Å². The molecule has 1 aromatic carbocycles. The molecule has 2 aromatic heterocycles. The van der Waals surface area contributed by atoms with E-state index in [0.29, 0.717) is 6.04 Å². The molecule has 3 aromatic rings. The lowest BCUT2D eigenvalue weighted by atomic mass is 9.95. The Kier molecular flexibility index (Phi) is 5.79. The summed E-state index contributed by atoms with van der Waals surface area (Å²) < 4.78 is 3.91. The van der Waals surface area contributed by atoms with Gasteiger partial charge < -0.3 is 10.6 Å². The standard InChI is InChI=1S/C20H22N4OS2/c25-20(22-15-5-2-1-3-6-15)19(18-7-4-12-26-18)21-16-10-8-14(9-11-16)17-13-27-24-23-17/h4,7-13,15,19,21H,1-3,5-6H2,(H,22,25). The number of hydrogen-bond donors (Lipinski definition) is 2. The third-order valence-electron chi connectivity index (χ3n) is 4.89. The number of carbonyl (C=O) groups excluding carboxylic acids is 1. The SMILES string of the molecule is O=C(NC1CCCCC1)C(Nc1ccc(-c2csnn2)cc1)c1cccs1. The van der Waals surface area contributed by atoms with Crippen LogP contribution in [-0.2, 0) is 4.79 Å². The topological polar surface area (TPSA) is 66.9 Å². The van der Waals surface area contributed by atoms with Crippen LogP contribution in [-0.4, -0.2) is 21.5 Å². The molecule has 0 radical (unpaired) electrons. The van der Waals surface area contributed by atoms with Gasteiger partial charge in [0.25, 0.3) is 0 Å². The van der Waals surface area contributed by atoms with E-state index < -0.39 is 0 Å². The lowest BCUT2D eigenvalue weighted by Gasteiger charge is -2.26. The molecule has 2 heterocycles. The van der Waals surface area contributed by atoms with Gasteiger partial charge in [0.2, 0.25) is 5.91 Å². The fraction of sp³-hybridized carbons (Fsp3) is 0.350. The van der Waals surface area contributed by atoms with Gasteiger partial charge in [0, 0.05) is 27.5 Å². The normalized spacial score (nSPS) is 16.0. The van der Waals surface area contributed by atoms with Crippen LogP contribution in [0.5, 0.6) is 0 Å². The predicted octanol–water partition coefficient (Wildman–Crippen LogP) is 4.87. The van der Waals surface area contributed by atoms with Crippen molar-refractivity contribution in [3.05, 3.63) is 52.0 Å². The molecule has 1 fully saturated rings. The summed E-state index contributed by atoms with van der Waals surface area (Å²) in [5.41, 5.74) is 2.81. The van der Waals surface area contributed by atoms with Gasteiger partial charge in [-0.3, -0.25) is 4.79 Å². The second kappa shape index (κ2) is 8.63. The lowest BCUT2D eigenvalue weighted by molar-refractivity contribution is -0.122. The Morgan fingerprint density at radius 1 is 1.11 bits per heavy atom. The van der Waals surface area contributed by atoms with Gasteiger partial charge >= 0.3 is 0 Å². The van der Waals surface area contributed by atoms with Gasteiger partial charge in [-0.05, 0) is 48.0 Å². The molecule has 1 aliphatic carbocycles. The first-order valence-electron chi connectivity index (χ1n) is 9.27. The summed E-state index contributed by atoms with van der Waals surface area (Å²) in [7, 11) is 0. The summed E-state index contributed by atoms with van der Waals surface area (Å²) in [5.74, 6) is 0.0529. The zero-order valence-electron chi connectivity index (χ0n) is 14.9. The highest BCUT2D eigenvalue weighted by molar-refractivity contribution is 7.10. The van der Waals surface area contributed by atoms with Gasteiger partial charge in [0.15, 0.2) is 0 Å². The number of benzene rings is 1. The Morgan fingerprint density at radius 3 is 2.59 bits per heavy atom.